The van der Waals surface area contributed by atoms with Crippen molar-refractivity contribution >= 4 is 0 Å². The standard InChI is InChI=1S/C16H33NO/c1-4-5-6-7-8-9-16-15(10-11-18-16)13-17-12-14(2)3/h14-17H,4-13H2,1-3H3. The number of hydrogen-bond donors (Lipinski definition) is 1. The third-order valence-electron chi connectivity index (χ3n) is 3.90. The van der Waals surface area contributed by atoms with Crippen LogP contribution in [0.3, 0.4) is 0 Å². The Kier molecular flexibility index (Phi) is 8.70. The number of ether oxygens (including phenoxy) is 1. The van der Waals surface area contributed by atoms with Crippen molar-refractivity contribution in [2.75, 3.05) is 19.7 Å². The van der Waals surface area contributed by atoms with Gasteiger partial charge in [-0.25, -0.2) is 0 Å². The summed E-state index contributed by atoms with van der Waals surface area (Å²) in [6, 6.07) is 0. The number of rotatable bonds is 10. The molecule has 2 atom stereocenters. The summed E-state index contributed by atoms with van der Waals surface area (Å²) in [5.41, 5.74) is 0. The van der Waals surface area contributed by atoms with Gasteiger partial charge < -0.3 is 10.1 Å². The summed E-state index contributed by atoms with van der Waals surface area (Å²) in [5.74, 6) is 1.51. The van der Waals surface area contributed by atoms with Gasteiger partial charge in [-0.05, 0) is 31.2 Å². The first-order valence-electron chi connectivity index (χ1n) is 8.06. The molecule has 2 nitrogen and oxygen atoms in total. The summed E-state index contributed by atoms with van der Waals surface area (Å²) in [6.07, 6.45) is 9.94. The highest BCUT2D eigenvalue weighted by Gasteiger charge is 2.27. The number of unbranched alkanes of at least 4 members (excludes halogenated alkanes) is 4. The first kappa shape index (κ1) is 16.0. The largest absolute Gasteiger partial charge is 0.378 e. The molecule has 1 fully saturated rings. The lowest BCUT2D eigenvalue weighted by Gasteiger charge is -2.19. The Hall–Kier alpha value is -0.0800. The van der Waals surface area contributed by atoms with Crippen LogP contribution in [0.2, 0.25) is 0 Å². The van der Waals surface area contributed by atoms with Crippen molar-refractivity contribution in [3.05, 3.63) is 0 Å². The Labute approximate surface area is 114 Å². The zero-order valence-corrected chi connectivity index (χ0v) is 12.7. The monoisotopic (exact) mass is 255 g/mol. The predicted octanol–water partition coefficient (Wildman–Crippen LogP) is 4.00. The molecule has 0 aliphatic carbocycles. The van der Waals surface area contributed by atoms with E-state index in [1.165, 1.54) is 44.9 Å². The third kappa shape index (κ3) is 6.75. The molecule has 0 saturated carbocycles. The van der Waals surface area contributed by atoms with E-state index in [1.54, 1.807) is 0 Å². The summed E-state index contributed by atoms with van der Waals surface area (Å²) in [4.78, 5) is 0. The highest BCUT2D eigenvalue weighted by Crippen LogP contribution is 2.25. The van der Waals surface area contributed by atoms with Gasteiger partial charge in [0.15, 0.2) is 0 Å². The van der Waals surface area contributed by atoms with Crippen LogP contribution in [-0.2, 0) is 4.74 Å². The van der Waals surface area contributed by atoms with E-state index >= 15 is 0 Å². The minimum Gasteiger partial charge on any atom is -0.378 e. The molecule has 0 aromatic heterocycles. The van der Waals surface area contributed by atoms with E-state index in [-0.39, 0.29) is 0 Å². The molecule has 1 aliphatic rings. The van der Waals surface area contributed by atoms with E-state index in [4.69, 9.17) is 4.74 Å². The average Bonchev–Trinajstić information content (AvgIpc) is 2.76. The maximum absolute atomic E-state index is 5.89. The van der Waals surface area contributed by atoms with Gasteiger partial charge in [0, 0.05) is 13.2 Å². The van der Waals surface area contributed by atoms with E-state index in [0.717, 1.165) is 31.5 Å². The fourth-order valence-corrected chi connectivity index (χ4v) is 2.75. The smallest absolute Gasteiger partial charge is 0.0616 e. The van der Waals surface area contributed by atoms with Crippen molar-refractivity contribution < 1.29 is 4.74 Å². The van der Waals surface area contributed by atoms with Crippen molar-refractivity contribution in [1.82, 2.24) is 5.32 Å². The van der Waals surface area contributed by atoms with Gasteiger partial charge in [-0.3, -0.25) is 0 Å². The molecule has 0 aromatic carbocycles. The first-order chi connectivity index (χ1) is 8.74. The van der Waals surface area contributed by atoms with Crippen LogP contribution >= 0.6 is 0 Å². The van der Waals surface area contributed by atoms with Gasteiger partial charge in [-0.15, -0.1) is 0 Å². The van der Waals surface area contributed by atoms with Crippen LogP contribution < -0.4 is 5.32 Å². The van der Waals surface area contributed by atoms with Crippen LogP contribution in [0, 0.1) is 11.8 Å². The summed E-state index contributed by atoms with van der Waals surface area (Å²) >= 11 is 0. The first-order valence-corrected chi connectivity index (χ1v) is 8.06. The maximum Gasteiger partial charge on any atom is 0.0616 e. The Morgan fingerprint density at radius 2 is 1.94 bits per heavy atom. The second kappa shape index (κ2) is 9.80. The Morgan fingerprint density at radius 1 is 1.17 bits per heavy atom. The third-order valence-corrected chi connectivity index (χ3v) is 3.90. The molecule has 1 N–H and O–H groups in total. The van der Waals surface area contributed by atoms with Crippen molar-refractivity contribution in [3.63, 3.8) is 0 Å². The molecule has 108 valence electrons. The minimum absolute atomic E-state index is 0.534. The van der Waals surface area contributed by atoms with E-state index in [9.17, 15) is 0 Å². The van der Waals surface area contributed by atoms with Gasteiger partial charge in [0.05, 0.1) is 6.10 Å². The van der Waals surface area contributed by atoms with Crippen LogP contribution in [0.1, 0.15) is 65.7 Å². The Morgan fingerprint density at radius 3 is 2.67 bits per heavy atom. The zero-order valence-electron chi connectivity index (χ0n) is 12.7. The average molecular weight is 255 g/mol. The molecule has 0 spiro atoms. The van der Waals surface area contributed by atoms with E-state index in [2.05, 4.69) is 26.1 Å². The van der Waals surface area contributed by atoms with Crippen molar-refractivity contribution in [3.8, 4) is 0 Å². The van der Waals surface area contributed by atoms with Gasteiger partial charge in [-0.1, -0.05) is 52.9 Å². The Bertz CT molecular complexity index is 194. The molecule has 1 heterocycles. The van der Waals surface area contributed by atoms with E-state index < -0.39 is 0 Å². The molecule has 1 saturated heterocycles. The van der Waals surface area contributed by atoms with Crippen LogP contribution in [0.5, 0.6) is 0 Å². The predicted molar refractivity (Wildman–Crippen MR) is 78.9 cm³/mol. The quantitative estimate of drug-likeness (QED) is 0.596. The minimum atomic E-state index is 0.534. The molecule has 18 heavy (non-hydrogen) atoms. The SMILES string of the molecule is CCCCCCCC1OCCC1CNCC(C)C. The molecule has 1 rings (SSSR count). The van der Waals surface area contributed by atoms with Crippen LogP contribution in [0.4, 0.5) is 0 Å². The van der Waals surface area contributed by atoms with Crippen molar-refractivity contribution in [1.29, 1.82) is 0 Å². The van der Waals surface area contributed by atoms with Gasteiger partial charge in [0.1, 0.15) is 0 Å². The van der Waals surface area contributed by atoms with Gasteiger partial charge in [-0.2, -0.15) is 0 Å². The van der Waals surface area contributed by atoms with Gasteiger partial charge in [0.2, 0.25) is 0 Å². The highest BCUT2D eigenvalue weighted by molar-refractivity contribution is 4.78. The molecule has 0 bridgehead atoms. The summed E-state index contributed by atoms with van der Waals surface area (Å²) < 4.78 is 5.89. The topological polar surface area (TPSA) is 21.3 Å². The summed E-state index contributed by atoms with van der Waals surface area (Å²) in [7, 11) is 0. The Balaban J connectivity index is 2.07. The van der Waals surface area contributed by atoms with Crippen molar-refractivity contribution in [2.24, 2.45) is 11.8 Å². The second-order valence-electron chi connectivity index (χ2n) is 6.21. The van der Waals surface area contributed by atoms with Crippen LogP contribution in [0.25, 0.3) is 0 Å². The van der Waals surface area contributed by atoms with Crippen LogP contribution in [0.15, 0.2) is 0 Å². The van der Waals surface area contributed by atoms with E-state index in [1.807, 2.05) is 0 Å². The normalized spacial score (nSPS) is 24.0. The molecular weight excluding hydrogens is 222 g/mol. The molecule has 0 aromatic rings. The van der Waals surface area contributed by atoms with Gasteiger partial charge >= 0.3 is 0 Å². The number of hydrogen-bond acceptors (Lipinski definition) is 2. The molecule has 0 amide bonds. The lowest BCUT2D eigenvalue weighted by Crippen LogP contribution is -2.30. The maximum atomic E-state index is 5.89. The fraction of sp³-hybridized carbons (Fsp3) is 1.00. The zero-order chi connectivity index (χ0) is 13.2. The number of nitrogens with one attached hydrogen (secondary N) is 1. The van der Waals surface area contributed by atoms with Gasteiger partial charge in [0.25, 0.3) is 0 Å². The molecular formula is C16H33NO. The fourth-order valence-electron chi connectivity index (χ4n) is 2.75. The molecule has 2 unspecified atom stereocenters. The second-order valence-corrected chi connectivity index (χ2v) is 6.21. The lowest BCUT2D eigenvalue weighted by molar-refractivity contribution is 0.0807. The summed E-state index contributed by atoms with van der Waals surface area (Å²) in [6.45, 7) is 10.1. The van der Waals surface area contributed by atoms with Crippen LogP contribution in [-0.4, -0.2) is 25.8 Å². The lowest BCUT2D eigenvalue weighted by atomic mass is 9.96. The molecule has 0 radical (unpaired) electrons. The molecule has 1 aliphatic heterocycles. The summed E-state index contributed by atoms with van der Waals surface area (Å²) in [5, 5.41) is 3.59. The molecule has 2 heteroatoms. The highest BCUT2D eigenvalue weighted by atomic mass is 16.5. The van der Waals surface area contributed by atoms with E-state index in [0.29, 0.717) is 6.10 Å². The van der Waals surface area contributed by atoms with Crippen molar-refractivity contribution in [2.45, 2.75) is 71.8 Å².